The minimum atomic E-state index is -0.272. The molecule has 15 heavy (non-hydrogen) atoms. The van der Waals surface area contributed by atoms with Crippen LogP contribution in [0.25, 0.3) is 0 Å². The summed E-state index contributed by atoms with van der Waals surface area (Å²) in [7, 11) is 0. The fraction of sp³-hybridized carbons (Fsp3) is 0.100. The molecule has 0 aliphatic heterocycles. The highest BCUT2D eigenvalue weighted by Gasteiger charge is 2.06. The predicted molar refractivity (Wildman–Crippen MR) is 59.8 cm³/mol. The molecule has 5 heteroatoms. The Morgan fingerprint density at radius 2 is 2.27 bits per heavy atom. The number of benzene rings is 1. The summed E-state index contributed by atoms with van der Waals surface area (Å²) in [5.41, 5.74) is 6.45. The van der Waals surface area contributed by atoms with Crippen LogP contribution in [-0.4, -0.2) is 9.55 Å². The largest absolute Gasteiger partial charge is 0.369 e. The van der Waals surface area contributed by atoms with E-state index in [1.807, 2.05) is 6.07 Å². The van der Waals surface area contributed by atoms with Gasteiger partial charge < -0.3 is 10.3 Å². The summed E-state index contributed by atoms with van der Waals surface area (Å²) in [6.45, 7) is 0.504. The maximum Gasteiger partial charge on any atom is 0.200 e. The van der Waals surface area contributed by atoms with E-state index < -0.39 is 0 Å². The van der Waals surface area contributed by atoms with Crippen molar-refractivity contribution in [3.63, 3.8) is 0 Å². The third-order valence-corrected chi connectivity index (χ3v) is 3.01. The number of nitrogens with zero attached hydrogens (tertiary/aromatic N) is 2. The second-order valence-electron chi connectivity index (χ2n) is 3.13. The molecule has 1 aromatic heterocycles. The van der Waals surface area contributed by atoms with Crippen LogP contribution in [0.15, 0.2) is 35.1 Å². The van der Waals surface area contributed by atoms with Crippen molar-refractivity contribution in [3.05, 3.63) is 46.4 Å². The lowest BCUT2D eigenvalue weighted by Gasteiger charge is -2.07. The molecular formula is C10H9BrFN3. The zero-order valence-corrected chi connectivity index (χ0v) is 9.41. The fourth-order valence-corrected chi connectivity index (χ4v) is 1.72. The van der Waals surface area contributed by atoms with Gasteiger partial charge in [0.2, 0.25) is 0 Å². The summed E-state index contributed by atoms with van der Waals surface area (Å²) in [6, 6.07) is 4.92. The molecule has 1 heterocycles. The molecule has 0 aliphatic carbocycles. The number of hydrogen-bond acceptors (Lipinski definition) is 2. The van der Waals surface area contributed by atoms with Crippen LogP contribution in [0.1, 0.15) is 5.56 Å². The van der Waals surface area contributed by atoms with Crippen molar-refractivity contribution < 1.29 is 4.39 Å². The molecule has 0 amide bonds. The number of imidazole rings is 1. The van der Waals surface area contributed by atoms with Gasteiger partial charge in [-0.05, 0) is 27.6 Å². The molecular weight excluding hydrogens is 261 g/mol. The number of hydrogen-bond donors (Lipinski definition) is 1. The van der Waals surface area contributed by atoms with Gasteiger partial charge in [0.15, 0.2) is 5.95 Å². The van der Waals surface area contributed by atoms with Crippen LogP contribution >= 0.6 is 15.9 Å². The lowest BCUT2D eigenvalue weighted by molar-refractivity contribution is 0.616. The van der Waals surface area contributed by atoms with E-state index in [9.17, 15) is 4.39 Å². The van der Waals surface area contributed by atoms with E-state index in [0.29, 0.717) is 17.0 Å². The molecule has 3 nitrogen and oxygen atoms in total. The van der Waals surface area contributed by atoms with Crippen LogP contribution in [-0.2, 0) is 6.54 Å². The Morgan fingerprint density at radius 1 is 1.47 bits per heavy atom. The summed E-state index contributed by atoms with van der Waals surface area (Å²) >= 11 is 3.20. The van der Waals surface area contributed by atoms with E-state index in [4.69, 9.17) is 5.73 Å². The SMILES string of the molecule is Nc1nccn1Cc1cccc(F)c1Br. The van der Waals surface area contributed by atoms with Crippen molar-refractivity contribution in [2.24, 2.45) is 0 Å². The molecule has 1 aromatic carbocycles. The van der Waals surface area contributed by atoms with Gasteiger partial charge >= 0.3 is 0 Å². The zero-order valence-electron chi connectivity index (χ0n) is 7.82. The Kier molecular flexibility index (Phi) is 2.73. The van der Waals surface area contributed by atoms with Crippen molar-refractivity contribution in [2.75, 3.05) is 5.73 Å². The first-order valence-corrected chi connectivity index (χ1v) is 5.17. The van der Waals surface area contributed by atoms with Gasteiger partial charge in [0, 0.05) is 12.4 Å². The highest BCUT2D eigenvalue weighted by Crippen LogP contribution is 2.21. The second kappa shape index (κ2) is 4.02. The maximum absolute atomic E-state index is 13.2. The molecule has 0 unspecified atom stereocenters. The molecule has 0 bridgehead atoms. The van der Waals surface area contributed by atoms with E-state index in [2.05, 4.69) is 20.9 Å². The van der Waals surface area contributed by atoms with E-state index in [1.54, 1.807) is 23.0 Å². The minimum Gasteiger partial charge on any atom is -0.369 e. The Morgan fingerprint density at radius 3 is 2.93 bits per heavy atom. The zero-order chi connectivity index (χ0) is 10.8. The van der Waals surface area contributed by atoms with E-state index >= 15 is 0 Å². The lowest BCUT2D eigenvalue weighted by Crippen LogP contribution is -2.04. The van der Waals surface area contributed by atoms with Crippen molar-refractivity contribution >= 4 is 21.9 Å². The van der Waals surface area contributed by atoms with Crippen molar-refractivity contribution in [2.45, 2.75) is 6.54 Å². The maximum atomic E-state index is 13.2. The van der Waals surface area contributed by atoms with Crippen LogP contribution in [0.2, 0.25) is 0 Å². The number of nitrogens with two attached hydrogens (primary N) is 1. The van der Waals surface area contributed by atoms with Crippen LogP contribution in [0.5, 0.6) is 0 Å². The second-order valence-corrected chi connectivity index (χ2v) is 3.92. The number of anilines is 1. The molecule has 2 N–H and O–H groups in total. The highest BCUT2D eigenvalue weighted by atomic mass is 79.9. The van der Waals surface area contributed by atoms with Crippen LogP contribution in [0, 0.1) is 5.82 Å². The molecule has 0 atom stereocenters. The van der Waals surface area contributed by atoms with Gasteiger partial charge in [0.25, 0.3) is 0 Å². The highest BCUT2D eigenvalue weighted by molar-refractivity contribution is 9.10. The average molecular weight is 270 g/mol. The topological polar surface area (TPSA) is 43.8 Å². The summed E-state index contributed by atoms with van der Waals surface area (Å²) in [6.07, 6.45) is 3.37. The standard InChI is InChI=1S/C10H9BrFN3/c11-9-7(2-1-3-8(9)12)6-15-5-4-14-10(15)13/h1-5H,6H2,(H2,13,14). The molecule has 0 spiro atoms. The monoisotopic (exact) mass is 269 g/mol. The van der Waals surface area contributed by atoms with Crippen LogP contribution in [0.3, 0.4) is 0 Å². The first-order chi connectivity index (χ1) is 7.18. The van der Waals surface area contributed by atoms with Gasteiger partial charge in [-0.3, -0.25) is 0 Å². The van der Waals surface area contributed by atoms with Crippen molar-refractivity contribution in [1.29, 1.82) is 0 Å². The van der Waals surface area contributed by atoms with Crippen molar-refractivity contribution in [3.8, 4) is 0 Å². The van der Waals surface area contributed by atoms with Gasteiger partial charge in [-0.25, -0.2) is 9.37 Å². The van der Waals surface area contributed by atoms with Gasteiger partial charge in [-0.1, -0.05) is 12.1 Å². The number of rotatable bonds is 2. The summed E-state index contributed by atoms with van der Waals surface area (Å²) in [5.74, 6) is 0.150. The summed E-state index contributed by atoms with van der Waals surface area (Å²) in [4.78, 5) is 3.90. The molecule has 0 saturated carbocycles. The van der Waals surface area contributed by atoms with Gasteiger partial charge in [-0.2, -0.15) is 0 Å². The van der Waals surface area contributed by atoms with Crippen LogP contribution in [0.4, 0.5) is 10.3 Å². The molecule has 0 aliphatic rings. The molecule has 0 radical (unpaired) electrons. The van der Waals surface area contributed by atoms with E-state index in [-0.39, 0.29) is 5.82 Å². The average Bonchev–Trinajstić information content (AvgIpc) is 2.60. The van der Waals surface area contributed by atoms with Gasteiger partial charge in [0.1, 0.15) is 5.82 Å². The summed E-state index contributed by atoms with van der Waals surface area (Å²) in [5, 5.41) is 0. The third kappa shape index (κ3) is 2.02. The Bertz CT molecular complexity index is 481. The predicted octanol–water partition coefficient (Wildman–Crippen LogP) is 2.42. The third-order valence-electron chi connectivity index (χ3n) is 2.12. The molecule has 78 valence electrons. The van der Waals surface area contributed by atoms with Crippen LogP contribution < -0.4 is 5.73 Å². The molecule has 2 aromatic rings. The molecule has 2 rings (SSSR count). The Balaban J connectivity index is 2.33. The quantitative estimate of drug-likeness (QED) is 0.910. The number of halogens is 2. The Labute approximate surface area is 94.9 Å². The summed E-state index contributed by atoms with van der Waals surface area (Å²) < 4.78 is 15.4. The number of nitrogen functional groups attached to an aromatic ring is 1. The molecule has 0 saturated heterocycles. The molecule has 0 fully saturated rings. The van der Waals surface area contributed by atoms with Gasteiger partial charge in [0.05, 0.1) is 11.0 Å². The van der Waals surface area contributed by atoms with E-state index in [0.717, 1.165) is 5.56 Å². The number of aromatic nitrogens is 2. The Hall–Kier alpha value is -1.36. The minimum absolute atomic E-state index is 0.272. The lowest BCUT2D eigenvalue weighted by atomic mass is 10.2. The van der Waals surface area contributed by atoms with Crippen molar-refractivity contribution in [1.82, 2.24) is 9.55 Å². The fourth-order valence-electron chi connectivity index (χ4n) is 1.33. The first kappa shape index (κ1) is 10.2. The van der Waals surface area contributed by atoms with E-state index in [1.165, 1.54) is 6.07 Å². The normalized spacial score (nSPS) is 10.5. The smallest absolute Gasteiger partial charge is 0.200 e. The first-order valence-electron chi connectivity index (χ1n) is 4.38. The van der Waals surface area contributed by atoms with Gasteiger partial charge in [-0.15, -0.1) is 0 Å².